The van der Waals surface area contributed by atoms with Crippen LogP contribution in [0.1, 0.15) is 113 Å². The first-order valence-corrected chi connectivity index (χ1v) is 15.8. The Labute approximate surface area is 247 Å². The van der Waals surface area contributed by atoms with Crippen LogP contribution in [0.5, 0.6) is 5.75 Å². The van der Waals surface area contributed by atoms with Crippen LogP contribution in [0, 0.1) is 18.3 Å². The maximum Gasteiger partial charge on any atom is 0.253 e. The highest BCUT2D eigenvalue weighted by Gasteiger charge is 2.49. The van der Waals surface area contributed by atoms with Crippen LogP contribution in [0.4, 0.5) is 0 Å². The predicted molar refractivity (Wildman–Crippen MR) is 166 cm³/mol. The van der Waals surface area contributed by atoms with Crippen LogP contribution < -0.4 is 10.1 Å². The smallest absolute Gasteiger partial charge is 0.253 e. The Morgan fingerprint density at radius 3 is 2.32 bits per heavy atom. The fourth-order valence-corrected chi connectivity index (χ4v) is 7.09. The van der Waals surface area contributed by atoms with Crippen LogP contribution >= 0.6 is 0 Å². The summed E-state index contributed by atoms with van der Waals surface area (Å²) in [6.45, 7) is 14.7. The zero-order valence-electron chi connectivity index (χ0n) is 26.7. The average Bonchev–Trinajstić information content (AvgIpc) is 3.62. The van der Waals surface area contributed by atoms with Crippen molar-refractivity contribution in [2.24, 2.45) is 11.3 Å². The Balaban J connectivity index is 1.57. The minimum absolute atomic E-state index is 0.00470. The van der Waals surface area contributed by atoms with Gasteiger partial charge in [0.25, 0.3) is 5.91 Å². The van der Waals surface area contributed by atoms with Gasteiger partial charge < -0.3 is 19.5 Å². The highest BCUT2D eigenvalue weighted by atomic mass is 16.5. The molecule has 6 heteroatoms. The number of hydrogen-bond donors (Lipinski definition) is 1. The van der Waals surface area contributed by atoms with E-state index in [0.29, 0.717) is 11.5 Å². The summed E-state index contributed by atoms with van der Waals surface area (Å²) in [5, 5.41) is 3.10. The lowest BCUT2D eigenvalue weighted by Gasteiger charge is -2.33. The van der Waals surface area contributed by atoms with Crippen molar-refractivity contribution in [2.45, 2.75) is 110 Å². The number of aromatic nitrogens is 1. The van der Waals surface area contributed by atoms with Crippen LogP contribution in [-0.4, -0.2) is 48.5 Å². The van der Waals surface area contributed by atoms with Crippen molar-refractivity contribution in [1.82, 2.24) is 14.8 Å². The Bertz CT molecular complexity index is 1300. The van der Waals surface area contributed by atoms with E-state index in [-0.39, 0.29) is 29.2 Å². The molecule has 2 aromatic rings. The van der Waals surface area contributed by atoms with Crippen molar-refractivity contribution in [3.05, 3.63) is 40.6 Å². The summed E-state index contributed by atoms with van der Waals surface area (Å²) in [4.78, 5) is 28.0. The van der Waals surface area contributed by atoms with Crippen molar-refractivity contribution in [2.75, 3.05) is 27.2 Å². The van der Waals surface area contributed by atoms with E-state index in [1.807, 2.05) is 13.8 Å². The molecule has 5 rings (SSSR count). The third-order valence-electron chi connectivity index (χ3n) is 9.90. The molecule has 2 fully saturated rings. The molecule has 224 valence electrons. The van der Waals surface area contributed by atoms with Gasteiger partial charge in [-0.25, -0.2) is 0 Å². The number of nitrogens with one attached hydrogen (secondary N) is 1. The van der Waals surface area contributed by atoms with E-state index in [4.69, 9.17) is 4.74 Å². The molecule has 1 aromatic carbocycles. The summed E-state index contributed by atoms with van der Waals surface area (Å²) in [6.07, 6.45) is 9.93. The van der Waals surface area contributed by atoms with Crippen molar-refractivity contribution in [1.29, 1.82) is 0 Å². The maximum absolute atomic E-state index is 13.7. The number of nitrogens with zero attached hydrogens (tertiary/aromatic N) is 2. The van der Waals surface area contributed by atoms with Crippen LogP contribution in [0.15, 0.2) is 18.2 Å². The summed E-state index contributed by atoms with van der Waals surface area (Å²) in [6, 6.07) is 6.81. The second-order valence-corrected chi connectivity index (χ2v) is 14.9. The molecule has 2 aliphatic carbocycles. The van der Waals surface area contributed by atoms with Crippen molar-refractivity contribution < 1.29 is 14.3 Å². The van der Waals surface area contributed by atoms with E-state index in [9.17, 15) is 9.59 Å². The molecular formula is C35H51N3O3. The molecule has 0 radical (unpaired) electrons. The second-order valence-electron chi connectivity index (χ2n) is 14.9. The van der Waals surface area contributed by atoms with Crippen LogP contribution in [0.25, 0.3) is 11.3 Å². The van der Waals surface area contributed by atoms with Gasteiger partial charge >= 0.3 is 0 Å². The van der Waals surface area contributed by atoms with Crippen molar-refractivity contribution >= 4 is 11.8 Å². The molecule has 6 nitrogen and oxygen atoms in total. The third-order valence-corrected chi connectivity index (χ3v) is 9.90. The number of hydrogen-bond acceptors (Lipinski definition) is 3. The molecule has 1 N–H and O–H groups in total. The number of rotatable bonds is 7. The number of fused-ring (bicyclic) bond motifs is 2. The largest absolute Gasteiger partial charge is 0.493 e. The van der Waals surface area contributed by atoms with E-state index in [1.54, 1.807) is 19.0 Å². The number of ether oxygens (including phenoxy) is 1. The maximum atomic E-state index is 13.7. The molecule has 0 saturated heterocycles. The van der Waals surface area contributed by atoms with Gasteiger partial charge in [0.2, 0.25) is 5.91 Å². The summed E-state index contributed by atoms with van der Waals surface area (Å²) in [5.74, 6) is 1.61. The first-order valence-electron chi connectivity index (χ1n) is 15.8. The van der Waals surface area contributed by atoms with E-state index in [2.05, 4.69) is 55.8 Å². The number of carbonyl (C=O) groups is 2. The van der Waals surface area contributed by atoms with Gasteiger partial charge in [-0.05, 0) is 88.0 Å². The minimum Gasteiger partial charge on any atom is -0.493 e. The molecule has 2 amide bonds. The fraction of sp³-hybridized carbons (Fsp3) is 0.657. The molecule has 41 heavy (non-hydrogen) atoms. The molecule has 1 aromatic heterocycles. The van der Waals surface area contributed by atoms with Gasteiger partial charge in [0.05, 0.1) is 17.6 Å². The highest BCUT2D eigenvalue weighted by Crippen LogP contribution is 2.58. The standard InChI is InChI=1S/C35H51N3O3/c1-23-26(31(39)36-22-34(5,6)32(40)37(7)8)20-29(38(23)21-24-12-10-9-11-13-24)25-18-27(33(2,3)4)30-28(19-25)35(14-15-35)16-17-41-30/h18-20,24H,9-17,21-22H2,1-8H3,(H,36,39). The van der Waals surface area contributed by atoms with Gasteiger partial charge in [0.1, 0.15) is 5.75 Å². The lowest BCUT2D eigenvalue weighted by atomic mass is 9.79. The molecule has 0 bridgehead atoms. The lowest BCUT2D eigenvalue weighted by Crippen LogP contribution is -2.44. The molecule has 1 spiro atoms. The van der Waals surface area contributed by atoms with Gasteiger partial charge in [-0.2, -0.15) is 0 Å². The minimum atomic E-state index is -0.681. The SMILES string of the molecule is Cc1c(C(=O)NCC(C)(C)C(=O)N(C)C)cc(-c2cc(C(C)(C)C)c3c(c2)C2(CCO3)CC2)n1CC1CCCCC1. The Morgan fingerprint density at radius 2 is 1.71 bits per heavy atom. The average molecular weight is 562 g/mol. The van der Waals surface area contributed by atoms with Gasteiger partial charge in [0.15, 0.2) is 0 Å². The molecule has 3 aliphatic rings. The number of amides is 2. The highest BCUT2D eigenvalue weighted by molar-refractivity contribution is 5.97. The zero-order valence-corrected chi connectivity index (χ0v) is 26.7. The molecule has 0 unspecified atom stereocenters. The van der Waals surface area contributed by atoms with Crippen LogP contribution in [0.3, 0.4) is 0 Å². The Hall–Kier alpha value is -2.76. The Morgan fingerprint density at radius 1 is 1.02 bits per heavy atom. The Kier molecular flexibility index (Phi) is 7.84. The van der Waals surface area contributed by atoms with Crippen molar-refractivity contribution in [3.63, 3.8) is 0 Å². The summed E-state index contributed by atoms with van der Waals surface area (Å²) < 4.78 is 8.78. The van der Waals surface area contributed by atoms with Gasteiger partial charge in [-0.1, -0.05) is 40.0 Å². The third kappa shape index (κ3) is 5.81. The van der Waals surface area contributed by atoms with E-state index in [1.165, 1.54) is 61.6 Å². The van der Waals surface area contributed by atoms with Gasteiger partial charge in [0, 0.05) is 55.1 Å². The van der Waals surface area contributed by atoms with E-state index in [0.717, 1.165) is 36.7 Å². The fourth-order valence-electron chi connectivity index (χ4n) is 7.09. The normalized spacial score (nSPS) is 18.5. The molecule has 1 aliphatic heterocycles. The second kappa shape index (κ2) is 10.8. The monoisotopic (exact) mass is 561 g/mol. The van der Waals surface area contributed by atoms with Crippen LogP contribution in [-0.2, 0) is 22.2 Å². The molecule has 0 atom stereocenters. The summed E-state index contributed by atoms with van der Waals surface area (Å²) in [5.41, 5.74) is 6.15. The number of carbonyl (C=O) groups excluding carboxylic acids is 2. The lowest BCUT2D eigenvalue weighted by molar-refractivity contribution is -0.137. The molecule has 2 saturated carbocycles. The zero-order chi connectivity index (χ0) is 29.7. The van der Waals surface area contributed by atoms with Crippen molar-refractivity contribution in [3.8, 4) is 17.0 Å². The van der Waals surface area contributed by atoms with Gasteiger partial charge in [-0.3, -0.25) is 9.59 Å². The van der Waals surface area contributed by atoms with Crippen LogP contribution in [0.2, 0.25) is 0 Å². The number of benzene rings is 1. The van der Waals surface area contributed by atoms with Gasteiger partial charge in [-0.15, -0.1) is 0 Å². The van der Waals surface area contributed by atoms with E-state index < -0.39 is 5.41 Å². The topological polar surface area (TPSA) is 63.6 Å². The summed E-state index contributed by atoms with van der Waals surface area (Å²) in [7, 11) is 3.52. The molecule has 2 heterocycles. The first-order chi connectivity index (χ1) is 19.2. The summed E-state index contributed by atoms with van der Waals surface area (Å²) >= 11 is 0. The predicted octanol–water partition coefficient (Wildman–Crippen LogP) is 7.00. The molecular weight excluding hydrogens is 510 g/mol. The van der Waals surface area contributed by atoms with E-state index >= 15 is 0 Å². The first kappa shape index (κ1) is 29.7. The quantitative estimate of drug-likeness (QED) is 0.396.